The first-order valence-corrected chi connectivity index (χ1v) is 13.9. The number of carbonyl (C=O) groups excluding carboxylic acids is 5. The van der Waals surface area contributed by atoms with Crippen molar-refractivity contribution in [3.63, 3.8) is 0 Å². The standard InChI is InChI=1S/C29H24Cl2FN3O7/c30-28-13-20-18(9-10-19-21(20)24(38)35(23(19)37)27(33)41)22(14-1-7-17(8-2-14)42-12-11-36)29(28,31)26(40)34(25(28)39)16-5-3-15(32)4-6-16/h1-9,19-22,36H,10-13H2,(H2,33,41)/t19-,20+,21-,22-,28+,29-/m0/s1. The summed E-state index contributed by atoms with van der Waals surface area (Å²) >= 11 is 14.5. The number of alkyl halides is 2. The number of primary amides is 1. The van der Waals surface area contributed by atoms with E-state index in [2.05, 4.69) is 0 Å². The van der Waals surface area contributed by atoms with Gasteiger partial charge in [0.25, 0.3) is 11.8 Å². The number of fused-ring (bicyclic) bond motifs is 4. The lowest BCUT2D eigenvalue weighted by Gasteiger charge is -2.50. The quantitative estimate of drug-likeness (QED) is 0.298. The molecule has 1 saturated carbocycles. The largest absolute Gasteiger partial charge is 0.491 e. The molecule has 3 N–H and O–H groups in total. The maximum Gasteiger partial charge on any atom is 0.328 e. The van der Waals surface area contributed by atoms with Gasteiger partial charge in [-0.3, -0.25) is 19.2 Å². The van der Waals surface area contributed by atoms with Crippen LogP contribution in [0.3, 0.4) is 0 Å². The van der Waals surface area contributed by atoms with Crippen molar-refractivity contribution in [1.29, 1.82) is 0 Å². The number of benzene rings is 2. The molecule has 2 aromatic carbocycles. The van der Waals surface area contributed by atoms with Crippen molar-refractivity contribution in [1.82, 2.24) is 4.90 Å². The zero-order valence-electron chi connectivity index (χ0n) is 21.8. The predicted octanol–water partition coefficient (Wildman–Crippen LogP) is 2.84. The van der Waals surface area contributed by atoms with Crippen LogP contribution in [0.1, 0.15) is 24.3 Å². The van der Waals surface area contributed by atoms with E-state index in [1.807, 2.05) is 0 Å². The number of urea groups is 1. The Hall–Kier alpha value is -3.80. The second-order valence-corrected chi connectivity index (χ2v) is 12.0. The van der Waals surface area contributed by atoms with Gasteiger partial charge >= 0.3 is 6.03 Å². The number of nitrogens with zero attached hydrogens (tertiary/aromatic N) is 2. The highest BCUT2D eigenvalue weighted by Gasteiger charge is 2.76. The fourth-order valence-electron chi connectivity index (χ4n) is 6.91. The number of rotatable bonds is 5. The smallest absolute Gasteiger partial charge is 0.328 e. The number of anilines is 1. The van der Waals surface area contributed by atoms with Crippen LogP contribution in [0.15, 0.2) is 60.2 Å². The predicted molar refractivity (Wildman–Crippen MR) is 147 cm³/mol. The van der Waals surface area contributed by atoms with Crippen molar-refractivity contribution >= 4 is 58.5 Å². The van der Waals surface area contributed by atoms with Gasteiger partial charge in [0.2, 0.25) is 11.8 Å². The number of allylic oxidation sites excluding steroid dienone is 2. The molecule has 2 aliphatic heterocycles. The van der Waals surface area contributed by atoms with E-state index in [-0.39, 0.29) is 31.7 Å². The van der Waals surface area contributed by atoms with Gasteiger partial charge in [-0.25, -0.2) is 14.1 Å². The van der Waals surface area contributed by atoms with Crippen LogP contribution in [-0.2, 0) is 19.2 Å². The number of amides is 6. The third-order valence-corrected chi connectivity index (χ3v) is 10.1. The minimum absolute atomic E-state index is 0.0510. The number of aliphatic hydroxyl groups excluding tert-OH is 1. The summed E-state index contributed by atoms with van der Waals surface area (Å²) in [7, 11) is 0. The lowest BCUT2D eigenvalue weighted by atomic mass is 9.56. The average molecular weight is 616 g/mol. The molecule has 0 spiro atoms. The van der Waals surface area contributed by atoms with E-state index < -0.39 is 68.9 Å². The molecule has 218 valence electrons. The number of aliphatic hydroxyl groups is 1. The molecule has 0 aromatic heterocycles. The van der Waals surface area contributed by atoms with Crippen LogP contribution in [0.4, 0.5) is 14.9 Å². The summed E-state index contributed by atoms with van der Waals surface area (Å²) in [5, 5.41) is 9.09. The fraction of sp³-hybridized carbons (Fsp3) is 0.345. The van der Waals surface area contributed by atoms with Crippen molar-refractivity contribution in [2.75, 3.05) is 18.1 Å². The number of imide groups is 4. The Morgan fingerprint density at radius 2 is 1.67 bits per heavy atom. The van der Waals surface area contributed by atoms with Crippen molar-refractivity contribution in [2.45, 2.75) is 28.5 Å². The van der Waals surface area contributed by atoms with Crippen LogP contribution in [-0.4, -0.2) is 62.6 Å². The molecule has 6 atom stereocenters. The molecule has 0 bridgehead atoms. The Morgan fingerprint density at radius 1 is 1.00 bits per heavy atom. The number of hydrogen-bond donors (Lipinski definition) is 2. The molecule has 4 aliphatic rings. The average Bonchev–Trinajstić information content (AvgIpc) is 3.31. The van der Waals surface area contributed by atoms with E-state index >= 15 is 0 Å². The summed E-state index contributed by atoms with van der Waals surface area (Å²) in [4.78, 5) is 63.9. The summed E-state index contributed by atoms with van der Waals surface area (Å²) in [6, 6.07) is 10.0. The Kier molecular flexibility index (Phi) is 6.67. The number of halogens is 3. The first kappa shape index (κ1) is 28.3. The van der Waals surface area contributed by atoms with E-state index in [1.54, 1.807) is 30.3 Å². The molecular weight excluding hydrogens is 592 g/mol. The van der Waals surface area contributed by atoms with Gasteiger partial charge in [-0.05, 0) is 60.7 Å². The van der Waals surface area contributed by atoms with E-state index in [0.29, 0.717) is 21.8 Å². The topological polar surface area (TPSA) is 147 Å². The number of nitrogens with two attached hydrogens (primary N) is 1. The molecule has 42 heavy (non-hydrogen) atoms. The monoisotopic (exact) mass is 615 g/mol. The third kappa shape index (κ3) is 3.76. The van der Waals surface area contributed by atoms with Gasteiger partial charge in [-0.1, -0.05) is 23.8 Å². The van der Waals surface area contributed by atoms with Crippen LogP contribution in [0.25, 0.3) is 0 Å². The maximum atomic E-state index is 14.2. The van der Waals surface area contributed by atoms with Gasteiger partial charge in [-0.2, -0.15) is 4.90 Å². The molecule has 6 amide bonds. The number of carbonyl (C=O) groups is 5. The molecule has 0 radical (unpaired) electrons. The maximum absolute atomic E-state index is 14.2. The van der Waals surface area contributed by atoms with Gasteiger partial charge < -0.3 is 15.6 Å². The normalized spacial score (nSPS) is 32.0. The molecule has 13 heteroatoms. The molecule has 10 nitrogen and oxygen atoms in total. The summed E-state index contributed by atoms with van der Waals surface area (Å²) in [6.45, 7) is -0.151. The molecular formula is C29H24Cl2FN3O7. The molecule has 6 rings (SSSR count). The Labute approximate surface area is 248 Å². The summed E-state index contributed by atoms with van der Waals surface area (Å²) < 4.78 is 19.2. The van der Waals surface area contributed by atoms with E-state index in [4.69, 9.17) is 38.8 Å². The number of hydrogen-bond acceptors (Lipinski definition) is 7. The van der Waals surface area contributed by atoms with Crippen LogP contribution < -0.4 is 15.4 Å². The summed E-state index contributed by atoms with van der Waals surface area (Å²) in [5.74, 6) is -7.21. The van der Waals surface area contributed by atoms with Crippen molar-refractivity contribution in [2.24, 2.45) is 23.5 Å². The summed E-state index contributed by atoms with van der Waals surface area (Å²) in [6.07, 6.45) is 1.51. The van der Waals surface area contributed by atoms with Gasteiger partial charge in [0.1, 0.15) is 18.2 Å². The molecule has 0 unspecified atom stereocenters. The molecule has 2 aromatic rings. The van der Waals surface area contributed by atoms with E-state index in [9.17, 15) is 28.4 Å². The van der Waals surface area contributed by atoms with Gasteiger partial charge in [0.05, 0.1) is 24.1 Å². The fourth-order valence-corrected chi connectivity index (χ4v) is 7.84. The molecule has 2 heterocycles. The zero-order valence-corrected chi connectivity index (χ0v) is 23.3. The van der Waals surface area contributed by atoms with Gasteiger partial charge in [0.15, 0.2) is 9.75 Å². The van der Waals surface area contributed by atoms with E-state index in [0.717, 1.165) is 17.0 Å². The van der Waals surface area contributed by atoms with Crippen LogP contribution in [0, 0.1) is 23.6 Å². The van der Waals surface area contributed by atoms with Crippen molar-refractivity contribution in [3.05, 3.63) is 71.6 Å². The Bertz CT molecular complexity index is 1570. The minimum Gasteiger partial charge on any atom is -0.491 e. The Balaban J connectivity index is 1.52. The highest BCUT2D eigenvalue weighted by Crippen LogP contribution is 2.65. The lowest BCUT2D eigenvalue weighted by Crippen LogP contribution is -2.60. The molecule has 2 aliphatic carbocycles. The second-order valence-electron chi connectivity index (χ2n) is 10.7. The van der Waals surface area contributed by atoms with E-state index in [1.165, 1.54) is 12.1 Å². The van der Waals surface area contributed by atoms with Crippen molar-refractivity contribution in [3.8, 4) is 5.75 Å². The highest BCUT2D eigenvalue weighted by atomic mass is 35.5. The van der Waals surface area contributed by atoms with Crippen molar-refractivity contribution < 1.29 is 38.2 Å². The van der Waals surface area contributed by atoms with Gasteiger partial charge in [0, 0.05) is 5.92 Å². The van der Waals surface area contributed by atoms with Gasteiger partial charge in [-0.15, -0.1) is 23.2 Å². The second kappa shape index (κ2) is 9.89. The highest BCUT2D eigenvalue weighted by molar-refractivity contribution is 6.58. The van der Waals surface area contributed by atoms with Crippen LogP contribution >= 0.6 is 23.2 Å². The molecule has 2 saturated heterocycles. The number of ether oxygens (including phenoxy) is 1. The summed E-state index contributed by atoms with van der Waals surface area (Å²) in [5.41, 5.74) is 6.43. The Morgan fingerprint density at radius 3 is 2.29 bits per heavy atom. The third-order valence-electron chi connectivity index (χ3n) is 8.69. The minimum atomic E-state index is -2.09. The number of likely N-dealkylation sites (tertiary alicyclic amines) is 1. The lowest BCUT2D eigenvalue weighted by molar-refractivity contribution is -0.136. The first-order chi connectivity index (χ1) is 20.0. The SMILES string of the molecule is NC(=O)N1C(=O)[C@H]2[C@H](CC=C3[C@H]2C[C@@]2(Cl)C(=O)N(c4ccc(F)cc4)C(=O)[C@@]2(Cl)[C@H]3c2ccc(OCCO)cc2)C1=O. The first-order valence-electron chi connectivity index (χ1n) is 13.2. The zero-order chi connectivity index (χ0) is 30.1. The van der Waals surface area contributed by atoms with Crippen LogP contribution in [0.2, 0.25) is 0 Å². The van der Waals surface area contributed by atoms with Crippen LogP contribution in [0.5, 0.6) is 5.75 Å². The molecule has 3 fully saturated rings.